The molecule has 0 aromatic heterocycles. The van der Waals surface area contributed by atoms with Crippen molar-refractivity contribution in [1.82, 2.24) is 5.32 Å². The van der Waals surface area contributed by atoms with Crippen molar-refractivity contribution in [2.45, 2.75) is 12.8 Å². The maximum atomic E-state index is 11.9. The predicted molar refractivity (Wildman–Crippen MR) is 79.8 cm³/mol. The summed E-state index contributed by atoms with van der Waals surface area (Å²) in [6.07, 6.45) is 0.752. The summed E-state index contributed by atoms with van der Waals surface area (Å²) in [4.78, 5) is 23.3. The van der Waals surface area contributed by atoms with Gasteiger partial charge in [0.15, 0.2) is 9.84 Å². The van der Waals surface area contributed by atoms with Crippen molar-refractivity contribution in [3.05, 3.63) is 29.8 Å². The highest BCUT2D eigenvalue weighted by Crippen LogP contribution is 2.22. The molecule has 0 bridgehead atoms. The largest absolute Gasteiger partial charge is 0.355 e. The average Bonchev–Trinajstić information content (AvgIpc) is 2.77. The van der Waals surface area contributed by atoms with Gasteiger partial charge in [-0.25, -0.2) is 8.42 Å². The molecule has 0 aliphatic carbocycles. The first kappa shape index (κ1) is 15.5. The highest BCUT2D eigenvalue weighted by molar-refractivity contribution is 7.91. The van der Waals surface area contributed by atoms with Gasteiger partial charge in [0.2, 0.25) is 5.91 Å². The predicted octanol–water partition coefficient (Wildman–Crippen LogP) is 0.809. The topological polar surface area (TPSA) is 92.3 Å². The average molecular weight is 310 g/mol. The van der Waals surface area contributed by atoms with Crippen molar-refractivity contribution in [3.63, 3.8) is 0 Å². The molecular weight excluding hydrogens is 292 g/mol. The Morgan fingerprint density at radius 3 is 2.43 bits per heavy atom. The van der Waals surface area contributed by atoms with Crippen molar-refractivity contribution in [2.75, 3.05) is 23.9 Å². The van der Waals surface area contributed by atoms with Crippen LogP contribution < -0.4 is 10.6 Å². The Kier molecular flexibility index (Phi) is 4.62. The zero-order valence-electron chi connectivity index (χ0n) is 11.8. The van der Waals surface area contributed by atoms with Gasteiger partial charge in [0, 0.05) is 24.7 Å². The fourth-order valence-electron chi connectivity index (χ4n) is 2.36. The number of sulfone groups is 1. The number of carbonyl (C=O) groups is 2. The van der Waals surface area contributed by atoms with Crippen LogP contribution in [-0.2, 0) is 14.6 Å². The fourth-order valence-corrected chi connectivity index (χ4v) is 4.22. The van der Waals surface area contributed by atoms with Crippen molar-refractivity contribution >= 4 is 27.3 Å². The molecule has 0 unspecified atom stereocenters. The molecule has 6 nitrogen and oxygen atoms in total. The highest BCUT2D eigenvalue weighted by Gasteiger charge is 2.29. The van der Waals surface area contributed by atoms with Crippen molar-refractivity contribution < 1.29 is 18.0 Å². The normalized spacial score (nSPS) is 20.0. The molecule has 2 N–H and O–H groups in total. The number of anilines is 1. The smallest absolute Gasteiger partial charge is 0.251 e. The Morgan fingerprint density at radius 1 is 1.24 bits per heavy atom. The number of amides is 2. The second-order valence-electron chi connectivity index (χ2n) is 5.18. The van der Waals surface area contributed by atoms with E-state index in [9.17, 15) is 18.0 Å². The quantitative estimate of drug-likeness (QED) is 0.861. The Hall–Kier alpha value is -1.89. The molecule has 2 rings (SSSR count). The summed E-state index contributed by atoms with van der Waals surface area (Å²) in [5, 5.41) is 5.23. The second-order valence-corrected chi connectivity index (χ2v) is 7.41. The van der Waals surface area contributed by atoms with Crippen molar-refractivity contribution in [1.29, 1.82) is 0 Å². The van der Waals surface area contributed by atoms with Crippen LogP contribution in [0.4, 0.5) is 5.69 Å². The number of carbonyl (C=O) groups excluding carboxylic acids is 2. The summed E-state index contributed by atoms with van der Waals surface area (Å²) in [5.74, 6) is -0.226. The summed E-state index contributed by atoms with van der Waals surface area (Å²) in [6, 6.07) is 6.53. The van der Waals surface area contributed by atoms with Crippen LogP contribution in [-0.4, -0.2) is 38.8 Å². The molecule has 114 valence electrons. The first-order valence-corrected chi connectivity index (χ1v) is 8.54. The molecule has 21 heavy (non-hydrogen) atoms. The number of hydrogen-bond donors (Lipinski definition) is 2. The van der Waals surface area contributed by atoms with E-state index in [2.05, 4.69) is 10.6 Å². The maximum Gasteiger partial charge on any atom is 0.251 e. The lowest BCUT2D eigenvalue weighted by Crippen LogP contribution is -2.19. The second kappa shape index (κ2) is 6.26. The summed E-state index contributed by atoms with van der Waals surface area (Å²) < 4.78 is 22.7. The molecule has 1 atom stereocenters. The van der Waals surface area contributed by atoms with E-state index in [-0.39, 0.29) is 35.7 Å². The van der Waals surface area contributed by atoms with Crippen LogP contribution in [0.15, 0.2) is 24.3 Å². The maximum absolute atomic E-state index is 11.9. The minimum Gasteiger partial charge on any atom is -0.355 e. The van der Waals surface area contributed by atoms with Crippen LogP contribution in [0.3, 0.4) is 0 Å². The van der Waals surface area contributed by atoms with Gasteiger partial charge in [-0.05, 0) is 36.6 Å². The molecule has 1 aliphatic heterocycles. The van der Waals surface area contributed by atoms with E-state index in [0.717, 1.165) is 0 Å². The van der Waals surface area contributed by atoms with E-state index in [1.54, 1.807) is 31.3 Å². The Labute approximate surface area is 123 Å². The van der Waals surface area contributed by atoms with Crippen LogP contribution in [0.1, 0.15) is 23.2 Å². The van der Waals surface area contributed by atoms with E-state index in [0.29, 0.717) is 17.7 Å². The van der Waals surface area contributed by atoms with Crippen LogP contribution in [0, 0.1) is 5.92 Å². The minimum atomic E-state index is -2.96. The van der Waals surface area contributed by atoms with Gasteiger partial charge in [0.1, 0.15) is 0 Å². The fraction of sp³-hybridized carbons (Fsp3) is 0.429. The molecule has 0 saturated carbocycles. The SMILES string of the molecule is CNC(=O)c1ccc(NC(=O)C[C@H]2CCS(=O)(=O)C2)cc1. The van der Waals surface area contributed by atoms with Crippen LogP contribution in [0.25, 0.3) is 0 Å². The molecule has 1 fully saturated rings. The van der Waals surface area contributed by atoms with Crippen molar-refractivity contribution in [2.24, 2.45) is 5.92 Å². The number of rotatable bonds is 4. The van der Waals surface area contributed by atoms with Gasteiger partial charge in [0.05, 0.1) is 11.5 Å². The monoisotopic (exact) mass is 310 g/mol. The third kappa shape index (κ3) is 4.29. The summed E-state index contributed by atoms with van der Waals surface area (Å²) >= 11 is 0. The molecule has 0 radical (unpaired) electrons. The molecule has 1 aromatic rings. The standard InChI is InChI=1S/C14H18N2O4S/c1-15-14(18)11-2-4-12(5-3-11)16-13(17)8-10-6-7-21(19,20)9-10/h2-5,10H,6-9H2,1H3,(H,15,18)(H,16,17)/t10-/m1/s1. The Balaban J connectivity index is 1.90. The van der Waals surface area contributed by atoms with E-state index in [1.807, 2.05) is 0 Å². The first-order valence-electron chi connectivity index (χ1n) is 6.72. The zero-order valence-corrected chi connectivity index (χ0v) is 12.6. The molecule has 2 amide bonds. The van der Waals surface area contributed by atoms with Gasteiger partial charge >= 0.3 is 0 Å². The summed E-state index contributed by atoms with van der Waals surface area (Å²) in [5.41, 5.74) is 1.10. The van der Waals surface area contributed by atoms with Crippen LogP contribution in [0.5, 0.6) is 0 Å². The molecule has 1 aromatic carbocycles. The van der Waals surface area contributed by atoms with Gasteiger partial charge in [-0.1, -0.05) is 0 Å². The third-order valence-corrected chi connectivity index (χ3v) is 5.30. The Morgan fingerprint density at radius 2 is 1.90 bits per heavy atom. The van der Waals surface area contributed by atoms with Crippen LogP contribution in [0.2, 0.25) is 0 Å². The van der Waals surface area contributed by atoms with Gasteiger partial charge in [-0.2, -0.15) is 0 Å². The summed E-state index contributed by atoms with van der Waals surface area (Å²) in [7, 11) is -1.41. The van der Waals surface area contributed by atoms with Gasteiger partial charge in [-0.3, -0.25) is 9.59 Å². The molecule has 1 aliphatic rings. The molecule has 1 heterocycles. The van der Waals surface area contributed by atoms with E-state index in [4.69, 9.17) is 0 Å². The lowest BCUT2D eigenvalue weighted by molar-refractivity contribution is -0.116. The van der Waals surface area contributed by atoms with Gasteiger partial charge in [0.25, 0.3) is 5.91 Å². The molecule has 7 heteroatoms. The zero-order chi connectivity index (χ0) is 15.5. The number of hydrogen-bond acceptors (Lipinski definition) is 4. The van der Waals surface area contributed by atoms with E-state index >= 15 is 0 Å². The summed E-state index contributed by atoms with van der Waals surface area (Å²) in [6.45, 7) is 0. The lowest BCUT2D eigenvalue weighted by atomic mass is 10.0. The Bertz CT molecular complexity index is 637. The third-order valence-electron chi connectivity index (χ3n) is 3.46. The van der Waals surface area contributed by atoms with Gasteiger partial charge < -0.3 is 10.6 Å². The van der Waals surface area contributed by atoms with E-state index < -0.39 is 9.84 Å². The molecule has 1 saturated heterocycles. The number of nitrogens with one attached hydrogen (secondary N) is 2. The molecule has 0 spiro atoms. The van der Waals surface area contributed by atoms with Crippen LogP contribution >= 0.6 is 0 Å². The lowest BCUT2D eigenvalue weighted by Gasteiger charge is -2.09. The van der Waals surface area contributed by atoms with E-state index in [1.165, 1.54) is 0 Å². The highest BCUT2D eigenvalue weighted by atomic mass is 32.2. The minimum absolute atomic E-state index is 0.0933. The van der Waals surface area contributed by atoms with Gasteiger partial charge in [-0.15, -0.1) is 0 Å². The molecular formula is C14H18N2O4S. The first-order chi connectivity index (χ1) is 9.89. The number of benzene rings is 1. The van der Waals surface area contributed by atoms with Crippen molar-refractivity contribution in [3.8, 4) is 0 Å².